The van der Waals surface area contributed by atoms with Gasteiger partial charge in [-0.3, -0.25) is 0 Å². The summed E-state index contributed by atoms with van der Waals surface area (Å²) in [6, 6.07) is 14.1. The predicted molar refractivity (Wildman–Crippen MR) is 173 cm³/mol. The third kappa shape index (κ3) is 14.2. The Morgan fingerprint density at radius 2 is 1.52 bits per heavy atom. The number of aliphatic hydroxyl groups is 4. The molecule has 248 valence electrons. The molecule has 2 unspecified atom stereocenters. The van der Waals surface area contributed by atoms with Crippen LogP contribution < -0.4 is 20.1 Å². The molecule has 44 heavy (non-hydrogen) atoms. The number of hydrogen-bond donors (Lipinski definition) is 6. The van der Waals surface area contributed by atoms with Crippen molar-refractivity contribution in [3.8, 4) is 11.5 Å². The SMILES string of the molecule is CC(C)(C)NCC(O)COc1cccc2c1C[C@H](O)[C@H](O)C2.CC(C)NCC(O)COc1ccc(CCOCC2CC2)cc1. The average Bonchev–Trinajstić information content (AvgIpc) is 3.81. The van der Waals surface area contributed by atoms with E-state index >= 15 is 0 Å². The predicted octanol–water partition coefficient (Wildman–Crippen LogP) is 3.03. The summed E-state index contributed by atoms with van der Waals surface area (Å²) >= 11 is 0. The minimum atomic E-state index is -0.760. The molecule has 6 N–H and O–H groups in total. The molecule has 0 spiro atoms. The van der Waals surface area contributed by atoms with Crippen molar-refractivity contribution in [3.05, 3.63) is 59.2 Å². The molecule has 0 amide bonds. The summed E-state index contributed by atoms with van der Waals surface area (Å²) in [5.41, 5.74) is 3.13. The molecule has 1 saturated carbocycles. The molecule has 4 rings (SSSR count). The van der Waals surface area contributed by atoms with Crippen LogP contribution in [0, 0.1) is 5.92 Å². The van der Waals surface area contributed by atoms with Crippen LogP contribution in [0.5, 0.6) is 11.5 Å². The number of hydrogen-bond acceptors (Lipinski definition) is 9. The summed E-state index contributed by atoms with van der Waals surface area (Å²) in [6.45, 7) is 13.5. The zero-order valence-electron chi connectivity index (χ0n) is 27.3. The normalized spacial score (nSPS) is 19.5. The van der Waals surface area contributed by atoms with E-state index in [0.29, 0.717) is 44.3 Å². The topological polar surface area (TPSA) is 133 Å². The summed E-state index contributed by atoms with van der Waals surface area (Å²) in [5.74, 6) is 2.30. The molecule has 2 aliphatic rings. The number of rotatable bonds is 16. The highest BCUT2D eigenvalue weighted by Crippen LogP contribution is 2.30. The molecular formula is C35H56N2O7. The number of ether oxygens (including phenoxy) is 3. The maximum absolute atomic E-state index is 10.00. The van der Waals surface area contributed by atoms with Crippen molar-refractivity contribution in [1.29, 1.82) is 0 Å². The van der Waals surface area contributed by atoms with Crippen LogP contribution in [-0.2, 0) is 24.0 Å². The highest BCUT2D eigenvalue weighted by Gasteiger charge is 2.27. The monoisotopic (exact) mass is 616 g/mol. The first-order valence-electron chi connectivity index (χ1n) is 16.1. The van der Waals surface area contributed by atoms with Crippen molar-refractivity contribution in [1.82, 2.24) is 10.6 Å². The largest absolute Gasteiger partial charge is 0.491 e. The van der Waals surface area contributed by atoms with E-state index in [4.69, 9.17) is 14.2 Å². The zero-order valence-corrected chi connectivity index (χ0v) is 27.3. The molecule has 0 radical (unpaired) electrons. The van der Waals surface area contributed by atoms with Gasteiger partial charge in [-0.05, 0) is 75.3 Å². The average molecular weight is 617 g/mol. The van der Waals surface area contributed by atoms with Crippen LogP contribution in [0.25, 0.3) is 0 Å². The molecule has 0 bridgehead atoms. The molecule has 4 atom stereocenters. The molecule has 2 aliphatic carbocycles. The molecular weight excluding hydrogens is 560 g/mol. The summed E-state index contributed by atoms with van der Waals surface area (Å²) in [5, 5.41) is 45.8. The van der Waals surface area contributed by atoms with E-state index in [-0.39, 0.29) is 12.1 Å². The lowest BCUT2D eigenvalue weighted by Crippen LogP contribution is -2.42. The molecule has 9 heteroatoms. The van der Waals surface area contributed by atoms with Gasteiger partial charge in [0, 0.05) is 49.7 Å². The van der Waals surface area contributed by atoms with E-state index in [9.17, 15) is 20.4 Å². The van der Waals surface area contributed by atoms with Gasteiger partial charge < -0.3 is 45.3 Å². The highest BCUT2D eigenvalue weighted by molar-refractivity contribution is 5.43. The Balaban J connectivity index is 0.000000240. The van der Waals surface area contributed by atoms with Crippen molar-refractivity contribution in [2.24, 2.45) is 5.92 Å². The van der Waals surface area contributed by atoms with E-state index in [1.165, 1.54) is 18.4 Å². The van der Waals surface area contributed by atoms with Crippen molar-refractivity contribution in [3.63, 3.8) is 0 Å². The first kappa shape index (κ1) is 36.2. The Hall–Kier alpha value is -2.24. The third-order valence-electron chi connectivity index (χ3n) is 7.53. The van der Waals surface area contributed by atoms with Gasteiger partial charge >= 0.3 is 0 Å². The lowest BCUT2D eigenvalue weighted by molar-refractivity contribution is 0.0132. The van der Waals surface area contributed by atoms with Gasteiger partial charge in [-0.15, -0.1) is 0 Å². The quantitative estimate of drug-likeness (QED) is 0.158. The van der Waals surface area contributed by atoms with Crippen molar-refractivity contribution < 1.29 is 34.6 Å². The number of β-amino-alcohol motifs (C(OH)–C–C–N with tert-alkyl or cyclic N) is 1. The maximum Gasteiger partial charge on any atom is 0.123 e. The molecule has 0 aromatic heterocycles. The zero-order chi connectivity index (χ0) is 32.1. The van der Waals surface area contributed by atoms with E-state index in [1.807, 2.05) is 51.1 Å². The van der Waals surface area contributed by atoms with Crippen LogP contribution in [0.4, 0.5) is 0 Å². The molecule has 0 heterocycles. The second-order valence-electron chi connectivity index (χ2n) is 13.5. The van der Waals surface area contributed by atoms with Gasteiger partial charge in [0.15, 0.2) is 0 Å². The van der Waals surface area contributed by atoms with Crippen molar-refractivity contribution in [2.45, 2.75) is 103 Å². The summed E-state index contributed by atoms with van der Waals surface area (Å²) < 4.78 is 17.0. The van der Waals surface area contributed by atoms with Crippen LogP contribution >= 0.6 is 0 Å². The first-order chi connectivity index (χ1) is 20.9. The summed E-state index contributed by atoms with van der Waals surface area (Å²) in [4.78, 5) is 0. The van der Waals surface area contributed by atoms with E-state index in [1.54, 1.807) is 0 Å². The Bertz CT molecular complexity index is 1090. The number of nitrogens with one attached hydrogen (secondary N) is 2. The van der Waals surface area contributed by atoms with Gasteiger partial charge in [0.25, 0.3) is 0 Å². The Morgan fingerprint density at radius 1 is 0.864 bits per heavy atom. The van der Waals surface area contributed by atoms with Crippen LogP contribution in [0.2, 0.25) is 0 Å². The van der Waals surface area contributed by atoms with Crippen LogP contribution in [0.1, 0.15) is 64.2 Å². The van der Waals surface area contributed by atoms with Crippen LogP contribution in [0.3, 0.4) is 0 Å². The smallest absolute Gasteiger partial charge is 0.123 e. The summed E-state index contributed by atoms with van der Waals surface area (Å²) in [7, 11) is 0. The molecule has 0 aliphatic heterocycles. The first-order valence-corrected chi connectivity index (χ1v) is 16.1. The van der Waals surface area contributed by atoms with Crippen LogP contribution in [-0.4, -0.2) is 95.9 Å². The lowest BCUT2D eigenvalue weighted by Gasteiger charge is -2.28. The van der Waals surface area contributed by atoms with E-state index in [2.05, 4.69) is 36.6 Å². The van der Waals surface area contributed by atoms with Crippen molar-refractivity contribution >= 4 is 0 Å². The summed E-state index contributed by atoms with van der Waals surface area (Å²) in [6.07, 6.45) is 1.86. The Labute approximate surface area is 263 Å². The van der Waals surface area contributed by atoms with Crippen molar-refractivity contribution in [2.75, 3.05) is 39.5 Å². The third-order valence-corrected chi connectivity index (χ3v) is 7.53. The number of aliphatic hydroxyl groups excluding tert-OH is 4. The van der Waals surface area contributed by atoms with E-state index in [0.717, 1.165) is 42.4 Å². The molecule has 0 saturated heterocycles. The maximum atomic E-state index is 10.00. The Kier molecular flexibility index (Phi) is 14.9. The fourth-order valence-corrected chi connectivity index (χ4v) is 4.64. The van der Waals surface area contributed by atoms with Gasteiger partial charge in [0.1, 0.15) is 36.9 Å². The van der Waals surface area contributed by atoms with Gasteiger partial charge in [-0.2, -0.15) is 0 Å². The lowest BCUT2D eigenvalue weighted by atomic mass is 9.87. The molecule has 1 fully saturated rings. The van der Waals surface area contributed by atoms with Gasteiger partial charge in [0.05, 0.1) is 18.8 Å². The van der Waals surface area contributed by atoms with Gasteiger partial charge in [-0.25, -0.2) is 0 Å². The fraction of sp³-hybridized carbons (Fsp3) is 0.657. The molecule has 2 aromatic rings. The van der Waals surface area contributed by atoms with Gasteiger partial charge in [0.2, 0.25) is 0 Å². The standard InChI is InChI=1S/C18H29NO3.C17H27NO4/c1-14(2)19-11-17(20)13-22-18-7-5-15(6-8-18)9-10-21-12-16-3-4-16;1-17(2,3)18-9-12(19)10-22-16-6-4-5-11-7-14(20)15(21)8-13(11)16/h5-8,14,16-17,19-20H,3-4,9-13H2,1-2H3;4-6,12,14-15,18-21H,7-10H2,1-3H3/t;12?,14-,15+/m.1/s1. The molecule has 9 nitrogen and oxygen atoms in total. The minimum absolute atomic E-state index is 0.0485. The second-order valence-corrected chi connectivity index (χ2v) is 13.5. The molecule has 2 aromatic carbocycles. The number of fused-ring (bicyclic) bond motifs is 1. The highest BCUT2D eigenvalue weighted by atomic mass is 16.5. The minimum Gasteiger partial charge on any atom is -0.491 e. The van der Waals surface area contributed by atoms with Crippen LogP contribution in [0.15, 0.2) is 42.5 Å². The second kappa shape index (κ2) is 18.0. The van der Waals surface area contributed by atoms with E-state index < -0.39 is 24.4 Å². The van der Waals surface area contributed by atoms with Gasteiger partial charge in [-0.1, -0.05) is 38.1 Å². The Morgan fingerprint density at radius 3 is 2.18 bits per heavy atom. The number of benzene rings is 2. The fourth-order valence-electron chi connectivity index (χ4n) is 4.64.